The molecule has 7 N–H and O–H groups in total. The highest BCUT2D eigenvalue weighted by Gasteiger charge is 2.47. The summed E-state index contributed by atoms with van der Waals surface area (Å²) < 4.78 is 5.19. The number of hydrogen-bond acceptors (Lipinski definition) is 8. The van der Waals surface area contributed by atoms with Crippen molar-refractivity contribution in [2.75, 3.05) is 13.1 Å². The molecule has 3 fully saturated rings. The molecule has 3 unspecified atom stereocenters. The molecule has 0 saturated carbocycles. The van der Waals surface area contributed by atoms with Gasteiger partial charge in [-0.05, 0) is 39.5 Å². The standard InChI is InChI=1S/C19H33N5O6/c1-9(25)13(20)19(29)24-8-4-6-12(24)18(28)23-7-3-5-11(23)17(27)22-14(10(2)26)15-16(21)30-15/h9-16,25-26H,3-8,20-21H2,1-2H3,(H,22,27)/t9-,10-,11+,12-,13?,14+,15?,16?/m1/s1. The Kier molecular flexibility index (Phi) is 6.98. The van der Waals surface area contributed by atoms with Crippen LogP contribution in [0.25, 0.3) is 0 Å². The highest BCUT2D eigenvalue weighted by atomic mass is 16.6. The first kappa shape index (κ1) is 22.9. The van der Waals surface area contributed by atoms with Crippen molar-refractivity contribution in [1.82, 2.24) is 15.1 Å². The van der Waals surface area contributed by atoms with Gasteiger partial charge in [-0.3, -0.25) is 14.4 Å². The lowest BCUT2D eigenvalue weighted by Crippen LogP contribution is -2.58. The Hall–Kier alpha value is -1.79. The van der Waals surface area contributed by atoms with E-state index in [1.807, 2.05) is 0 Å². The third-order valence-electron chi connectivity index (χ3n) is 6.21. The highest BCUT2D eigenvalue weighted by molar-refractivity contribution is 5.94. The number of nitrogens with two attached hydrogens (primary N) is 2. The normalized spacial score (nSPS) is 32.5. The van der Waals surface area contributed by atoms with Gasteiger partial charge in [0.1, 0.15) is 30.5 Å². The van der Waals surface area contributed by atoms with Gasteiger partial charge in [-0.1, -0.05) is 0 Å². The second-order valence-electron chi connectivity index (χ2n) is 8.49. The van der Waals surface area contributed by atoms with E-state index in [0.717, 1.165) is 0 Å². The minimum atomic E-state index is -1.09. The van der Waals surface area contributed by atoms with Gasteiger partial charge >= 0.3 is 0 Å². The maximum atomic E-state index is 13.2. The van der Waals surface area contributed by atoms with Gasteiger partial charge < -0.3 is 41.5 Å². The first-order valence-corrected chi connectivity index (χ1v) is 10.6. The van der Waals surface area contributed by atoms with Gasteiger partial charge in [-0.15, -0.1) is 0 Å². The summed E-state index contributed by atoms with van der Waals surface area (Å²) in [5.74, 6) is -1.12. The predicted molar refractivity (Wildman–Crippen MR) is 106 cm³/mol. The van der Waals surface area contributed by atoms with E-state index in [9.17, 15) is 24.6 Å². The number of rotatable bonds is 7. The molecule has 3 amide bonds. The molecule has 170 valence electrons. The molecule has 0 spiro atoms. The van der Waals surface area contributed by atoms with Crippen LogP contribution in [0, 0.1) is 0 Å². The zero-order valence-corrected chi connectivity index (χ0v) is 17.4. The van der Waals surface area contributed by atoms with E-state index < -0.39 is 54.6 Å². The van der Waals surface area contributed by atoms with Crippen molar-refractivity contribution >= 4 is 17.7 Å². The molecule has 8 atom stereocenters. The molecule has 0 bridgehead atoms. The van der Waals surface area contributed by atoms with Crippen LogP contribution in [-0.4, -0.2) is 99.5 Å². The Morgan fingerprint density at radius 1 is 1.03 bits per heavy atom. The smallest absolute Gasteiger partial charge is 0.246 e. The Labute approximate surface area is 175 Å². The molecule has 0 aromatic heterocycles. The van der Waals surface area contributed by atoms with E-state index in [0.29, 0.717) is 38.8 Å². The molecule has 3 saturated heterocycles. The van der Waals surface area contributed by atoms with Crippen LogP contribution in [0.3, 0.4) is 0 Å². The van der Waals surface area contributed by atoms with E-state index in [4.69, 9.17) is 16.2 Å². The first-order chi connectivity index (χ1) is 14.1. The first-order valence-electron chi connectivity index (χ1n) is 10.6. The van der Waals surface area contributed by atoms with Crippen molar-refractivity contribution in [3.05, 3.63) is 0 Å². The van der Waals surface area contributed by atoms with Gasteiger partial charge in [0.2, 0.25) is 17.7 Å². The van der Waals surface area contributed by atoms with Crippen LogP contribution in [0.2, 0.25) is 0 Å². The maximum absolute atomic E-state index is 13.2. The van der Waals surface area contributed by atoms with E-state index in [1.165, 1.54) is 16.7 Å². The number of carbonyl (C=O) groups excluding carboxylic acids is 3. The molecule has 0 aromatic carbocycles. The Bertz CT molecular complexity index is 674. The quantitative estimate of drug-likeness (QED) is 0.271. The fourth-order valence-electron chi connectivity index (χ4n) is 4.34. The number of ether oxygens (including phenoxy) is 1. The maximum Gasteiger partial charge on any atom is 0.246 e. The summed E-state index contributed by atoms with van der Waals surface area (Å²) in [6.07, 6.45) is -0.558. The molecule has 3 aliphatic heterocycles. The third-order valence-corrected chi connectivity index (χ3v) is 6.21. The van der Waals surface area contributed by atoms with Gasteiger partial charge in [-0.25, -0.2) is 0 Å². The Morgan fingerprint density at radius 3 is 2.13 bits per heavy atom. The summed E-state index contributed by atoms with van der Waals surface area (Å²) in [5.41, 5.74) is 11.5. The molecule has 3 heterocycles. The molecule has 30 heavy (non-hydrogen) atoms. The van der Waals surface area contributed by atoms with Crippen LogP contribution in [0.1, 0.15) is 39.5 Å². The van der Waals surface area contributed by atoms with Crippen LogP contribution in [-0.2, 0) is 19.1 Å². The minimum absolute atomic E-state index is 0.288. The summed E-state index contributed by atoms with van der Waals surface area (Å²) in [6, 6.07) is -3.12. The number of carbonyl (C=O) groups is 3. The molecular weight excluding hydrogens is 394 g/mol. The fourth-order valence-corrected chi connectivity index (χ4v) is 4.34. The van der Waals surface area contributed by atoms with Gasteiger partial charge in [0.15, 0.2) is 0 Å². The number of aliphatic hydroxyl groups is 2. The van der Waals surface area contributed by atoms with Crippen molar-refractivity contribution in [3.8, 4) is 0 Å². The number of hydrogen-bond donors (Lipinski definition) is 5. The third kappa shape index (κ3) is 4.59. The summed E-state index contributed by atoms with van der Waals surface area (Å²) in [5, 5.41) is 22.4. The van der Waals surface area contributed by atoms with Gasteiger partial charge in [0, 0.05) is 13.1 Å². The van der Waals surface area contributed by atoms with Crippen LogP contribution in [0.5, 0.6) is 0 Å². The Morgan fingerprint density at radius 2 is 1.60 bits per heavy atom. The van der Waals surface area contributed by atoms with Crippen LogP contribution in [0.15, 0.2) is 0 Å². The number of likely N-dealkylation sites (tertiary alicyclic amines) is 2. The Balaban J connectivity index is 1.67. The van der Waals surface area contributed by atoms with Crippen molar-refractivity contribution in [1.29, 1.82) is 0 Å². The predicted octanol–water partition coefficient (Wildman–Crippen LogP) is -2.77. The van der Waals surface area contributed by atoms with Crippen molar-refractivity contribution in [3.63, 3.8) is 0 Å². The van der Waals surface area contributed by atoms with E-state index in [-0.39, 0.29) is 11.8 Å². The second-order valence-corrected chi connectivity index (χ2v) is 8.49. The zero-order valence-electron chi connectivity index (χ0n) is 17.4. The van der Waals surface area contributed by atoms with E-state index in [2.05, 4.69) is 5.32 Å². The van der Waals surface area contributed by atoms with Crippen LogP contribution < -0.4 is 16.8 Å². The van der Waals surface area contributed by atoms with E-state index >= 15 is 0 Å². The number of amides is 3. The second kappa shape index (κ2) is 9.15. The largest absolute Gasteiger partial charge is 0.391 e. The average molecular weight is 428 g/mol. The summed E-state index contributed by atoms with van der Waals surface area (Å²) in [4.78, 5) is 41.7. The minimum Gasteiger partial charge on any atom is -0.391 e. The van der Waals surface area contributed by atoms with Gasteiger partial charge in [0.25, 0.3) is 0 Å². The highest BCUT2D eigenvalue weighted by Crippen LogP contribution is 2.27. The molecular formula is C19H33N5O6. The number of epoxide rings is 1. The molecule has 0 aliphatic carbocycles. The molecule has 3 rings (SSSR count). The topological polar surface area (TPSA) is 175 Å². The molecule has 0 radical (unpaired) electrons. The lowest BCUT2D eigenvalue weighted by molar-refractivity contribution is -0.148. The SMILES string of the molecule is C[C@@H](O)C(N)C(=O)N1CCC[C@@H]1C(=O)N1CCC[C@H]1C(=O)N[C@H](C1OC1N)[C@@H](C)O. The molecule has 11 nitrogen and oxygen atoms in total. The lowest BCUT2D eigenvalue weighted by atomic mass is 10.1. The average Bonchev–Trinajstić information content (AvgIpc) is 3.11. The van der Waals surface area contributed by atoms with Crippen LogP contribution >= 0.6 is 0 Å². The molecule has 3 aliphatic rings. The number of nitrogens with zero attached hydrogens (tertiary/aromatic N) is 2. The van der Waals surface area contributed by atoms with Crippen molar-refractivity contribution < 1.29 is 29.3 Å². The fraction of sp³-hybridized carbons (Fsp3) is 0.842. The van der Waals surface area contributed by atoms with E-state index in [1.54, 1.807) is 6.92 Å². The van der Waals surface area contributed by atoms with Crippen molar-refractivity contribution in [2.24, 2.45) is 11.5 Å². The summed E-state index contributed by atoms with van der Waals surface area (Å²) >= 11 is 0. The monoisotopic (exact) mass is 427 g/mol. The van der Waals surface area contributed by atoms with Gasteiger partial charge in [-0.2, -0.15) is 0 Å². The molecule has 11 heteroatoms. The number of nitrogens with one attached hydrogen (secondary N) is 1. The lowest BCUT2D eigenvalue weighted by Gasteiger charge is -2.33. The van der Waals surface area contributed by atoms with Gasteiger partial charge in [0.05, 0.1) is 18.2 Å². The van der Waals surface area contributed by atoms with Crippen LogP contribution in [0.4, 0.5) is 0 Å². The van der Waals surface area contributed by atoms with Crippen molar-refractivity contribution in [2.45, 2.75) is 88.2 Å². The summed E-state index contributed by atoms with van der Waals surface area (Å²) in [6.45, 7) is 3.78. The zero-order chi connectivity index (χ0) is 22.2. The number of aliphatic hydroxyl groups excluding tert-OH is 2. The summed E-state index contributed by atoms with van der Waals surface area (Å²) in [7, 11) is 0. The molecule has 0 aromatic rings.